The van der Waals surface area contributed by atoms with Gasteiger partial charge in [0.2, 0.25) is 0 Å². The van der Waals surface area contributed by atoms with Crippen LogP contribution in [-0.4, -0.2) is 60.8 Å². The van der Waals surface area contributed by atoms with Crippen LogP contribution in [0, 0.1) is 17.8 Å². The molecule has 4 aromatic carbocycles. The second-order valence-corrected chi connectivity index (χ2v) is 17.7. The molecule has 5 bridgehead atoms. The molecule has 5 aromatic rings. The van der Waals surface area contributed by atoms with Crippen molar-refractivity contribution in [2.75, 3.05) is 26.9 Å². The normalized spacial score (nSPS) is 22.2. The number of fused-ring (bicyclic) bond motifs is 7. The number of ether oxygens (including phenoxy) is 4. The van der Waals surface area contributed by atoms with Gasteiger partial charge in [-0.05, 0) is 122 Å². The molecule has 0 aliphatic carbocycles. The Morgan fingerprint density at radius 1 is 0.875 bits per heavy atom. The van der Waals surface area contributed by atoms with Crippen LogP contribution in [0.15, 0.2) is 111 Å². The van der Waals surface area contributed by atoms with Crippen molar-refractivity contribution in [3.8, 4) is 17.6 Å². The molecule has 0 unspecified atom stereocenters. The monoisotopic (exact) mass is 864 g/mol. The number of esters is 2. The van der Waals surface area contributed by atoms with Crippen molar-refractivity contribution >= 4 is 22.9 Å². The number of aliphatic hydroxyl groups excluding tert-OH is 2. The van der Waals surface area contributed by atoms with Crippen LogP contribution in [0.1, 0.15) is 102 Å². The first kappa shape index (κ1) is 44.6. The second-order valence-electron chi connectivity index (χ2n) is 17.7. The van der Waals surface area contributed by atoms with E-state index in [2.05, 4.69) is 78.6 Å². The highest BCUT2D eigenvalue weighted by atomic mass is 16.6. The Labute approximate surface area is 374 Å². The van der Waals surface area contributed by atoms with Crippen molar-refractivity contribution in [3.05, 3.63) is 157 Å². The first-order valence-electron chi connectivity index (χ1n) is 22.3. The number of rotatable bonds is 11. The van der Waals surface area contributed by atoms with E-state index in [-0.39, 0.29) is 56.1 Å². The summed E-state index contributed by atoms with van der Waals surface area (Å²) >= 11 is 0. The summed E-state index contributed by atoms with van der Waals surface area (Å²) in [6, 6.07) is 30.6. The molecular weight excluding hydrogens is 809 g/mol. The molecule has 0 radical (unpaired) electrons. The fourth-order valence-corrected chi connectivity index (χ4v) is 9.50. The number of hydrogen-bond acceptors (Lipinski definition) is 10. The van der Waals surface area contributed by atoms with Gasteiger partial charge in [-0.2, -0.15) is 0 Å². The van der Waals surface area contributed by atoms with E-state index < -0.39 is 41.3 Å². The maximum atomic E-state index is 14.7. The lowest BCUT2D eigenvalue weighted by molar-refractivity contribution is -0.190. The first-order valence-corrected chi connectivity index (χ1v) is 22.3. The van der Waals surface area contributed by atoms with Gasteiger partial charge < -0.3 is 33.6 Å². The smallest absolute Gasteiger partial charge is 0.339 e. The zero-order valence-electron chi connectivity index (χ0n) is 36.8. The standard InChI is InChI=1S/C54H56O10/c1-34(32-56)44-21-18-37-17-19-41-29-39(16-15-36-12-9-13-38(27-36)26-35-10-5-4-6-11-35)30-47(57)61-50-48-46(64-54(2,51(50)63-52(44)58)24-8-7-14-40(41)28-37)22-20-42-31-45(53(59)62-49(42)48)43(23-25-55)33-60-3/h4-6,9-13,17,19-20,22,27-28,31,39,43,50-51,55-56H,14-16,18,21,23-26,29-30,32-33H2,1-3H3/b44-34-/t39-,43+,50+,51-,54+/m0/s1. The Kier molecular flexibility index (Phi) is 13.8. The van der Waals surface area contributed by atoms with Crippen LogP contribution < -0.4 is 10.4 Å². The van der Waals surface area contributed by atoms with Crippen molar-refractivity contribution in [1.29, 1.82) is 0 Å². The van der Waals surface area contributed by atoms with Crippen LogP contribution in [0.3, 0.4) is 0 Å². The van der Waals surface area contributed by atoms with Crippen LogP contribution in [0.2, 0.25) is 0 Å². The van der Waals surface area contributed by atoms with Crippen molar-refractivity contribution in [3.63, 3.8) is 0 Å². The molecule has 0 saturated carbocycles. The fourth-order valence-electron chi connectivity index (χ4n) is 9.50. The molecule has 5 atom stereocenters. The lowest BCUT2D eigenvalue weighted by atomic mass is 9.82. The third kappa shape index (κ3) is 9.88. The minimum absolute atomic E-state index is 0.0636. The molecule has 64 heavy (non-hydrogen) atoms. The quantitative estimate of drug-likeness (QED) is 0.0578. The van der Waals surface area contributed by atoms with Gasteiger partial charge in [0.05, 0.1) is 25.2 Å². The van der Waals surface area contributed by atoms with Gasteiger partial charge in [0, 0.05) is 49.0 Å². The van der Waals surface area contributed by atoms with Gasteiger partial charge in [-0.25, -0.2) is 9.59 Å². The third-order valence-corrected chi connectivity index (χ3v) is 13.0. The highest BCUT2D eigenvalue weighted by Crippen LogP contribution is 2.48. The molecule has 4 heterocycles. The molecule has 0 fully saturated rings. The van der Waals surface area contributed by atoms with E-state index in [4.69, 9.17) is 23.4 Å². The highest BCUT2D eigenvalue weighted by molar-refractivity contribution is 5.90. The molecule has 0 amide bonds. The summed E-state index contributed by atoms with van der Waals surface area (Å²) in [5.41, 5.74) is 6.38. The van der Waals surface area contributed by atoms with E-state index in [0.29, 0.717) is 59.9 Å². The number of aryl methyl sites for hydroxylation is 2. The minimum atomic E-state index is -1.33. The predicted molar refractivity (Wildman–Crippen MR) is 243 cm³/mol. The average molecular weight is 865 g/mol. The zero-order valence-corrected chi connectivity index (χ0v) is 36.8. The molecule has 10 nitrogen and oxygen atoms in total. The zero-order chi connectivity index (χ0) is 44.8. The van der Waals surface area contributed by atoms with E-state index >= 15 is 0 Å². The highest BCUT2D eigenvalue weighted by Gasteiger charge is 2.53. The molecule has 332 valence electrons. The van der Waals surface area contributed by atoms with Crippen LogP contribution in [0.25, 0.3) is 11.0 Å². The summed E-state index contributed by atoms with van der Waals surface area (Å²) in [4.78, 5) is 43.1. The van der Waals surface area contributed by atoms with Crippen LogP contribution >= 0.6 is 0 Å². The summed E-state index contributed by atoms with van der Waals surface area (Å²) in [7, 11) is 1.53. The Bertz CT molecular complexity index is 2660. The van der Waals surface area contributed by atoms with Crippen molar-refractivity contribution in [1.82, 2.24) is 0 Å². The number of carbonyl (C=O) groups is 2. The Hall–Kier alpha value is -5.99. The molecule has 0 saturated heterocycles. The molecule has 3 aliphatic heterocycles. The topological polar surface area (TPSA) is 142 Å². The number of hydrogen-bond donors (Lipinski definition) is 2. The number of carbonyl (C=O) groups excluding carboxylic acids is 2. The number of aliphatic hydroxyl groups is 2. The largest absolute Gasteiger partial charge is 0.482 e. The molecule has 8 rings (SSSR count). The SMILES string of the molecule is COC[C@@H](CCO)c1cc2ccc3c(c2oc1=O)[C@H]1OC(=O)C[C@@H](CCc2cccc(Cc4ccccc4)c2)Cc2ccc4cc2CC#CC[C@@](C)(O3)[C@H]1OC(=O)/C(=C(/C)CO)CC4. The Balaban J connectivity index is 1.24. The van der Waals surface area contributed by atoms with Gasteiger partial charge in [-0.15, -0.1) is 0 Å². The fraction of sp³-hybridized carbons (Fsp3) is 0.389. The summed E-state index contributed by atoms with van der Waals surface area (Å²) < 4.78 is 31.4. The van der Waals surface area contributed by atoms with E-state index in [1.165, 1.54) is 23.8 Å². The predicted octanol–water partition coefficient (Wildman–Crippen LogP) is 8.23. The Morgan fingerprint density at radius 3 is 2.48 bits per heavy atom. The number of benzene rings is 4. The molecule has 3 aliphatic rings. The van der Waals surface area contributed by atoms with Crippen molar-refractivity contribution in [2.24, 2.45) is 5.92 Å². The van der Waals surface area contributed by atoms with E-state index in [1.54, 1.807) is 32.0 Å². The molecule has 0 spiro atoms. The lowest BCUT2D eigenvalue weighted by Gasteiger charge is -2.44. The summed E-state index contributed by atoms with van der Waals surface area (Å²) in [5, 5.41) is 20.7. The Morgan fingerprint density at radius 2 is 1.69 bits per heavy atom. The van der Waals surface area contributed by atoms with Gasteiger partial charge in [0.25, 0.3) is 0 Å². The lowest BCUT2D eigenvalue weighted by Crippen LogP contribution is -2.54. The third-order valence-electron chi connectivity index (χ3n) is 13.0. The van der Waals surface area contributed by atoms with Gasteiger partial charge in [-0.1, -0.05) is 84.6 Å². The summed E-state index contributed by atoms with van der Waals surface area (Å²) in [5.74, 6) is 5.29. The maximum Gasteiger partial charge on any atom is 0.339 e. The molecular formula is C54H56O10. The van der Waals surface area contributed by atoms with E-state index in [9.17, 15) is 24.6 Å². The molecule has 2 N–H and O–H groups in total. The first-order chi connectivity index (χ1) is 31.0. The van der Waals surface area contributed by atoms with E-state index in [1.807, 2.05) is 6.07 Å². The van der Waals surface area contributed by atoms with E-state index in [0.717, 1.165) is 29.5 Å². The molecule has 1 aromatic heterocycles. The van der Waals surface area contributed by atoms with Gasteiger partial charge in [-0.3, -0.25) is 4.79 Å². The van der Waals surface area contributed by atoms with Crippen LogP contribution in [0.4, 0.5) is 0 Å². The summed E-state index contributed by atoms with van der Waals surface area (Å²) in [6.07, 6.45) is 2.09. The van der Waals surface area contributed by atoms with Crippen LogP contribution in [-0.2, 0) is 55.9 Å². The van der Waals surface area contributed by atoms with Crippen molar-refractivity contribution in [2.45, 2.75) is 102 Å². The van der Waals surface area contributed by atoms with Gasteiger partial charge in [0.1, 0.15) is 11.3 Å². The van der Waals surface area contributed by atoms with Crippen LogP contribution in [0.5, 0.6) is 5.75 Å². The van der Waals surface area contributed by atoms with Crippen molar-refractivity contribution < 1.29 is 43.2 Å². The average Bonchev–Trinajstić information content (AvgIpc) is 3.28. The minimum Gasteiger partial charge on any atom is -0.482 e. The van der Waals surface area contributed by atoms with Gasteiger partial charge in [0.15, 0.2) is 17.8 Å². The summed E-state index contributed by atoms with van der Waals surface area (Å²) in [6.45, 7) is 3.18. The maximum absolute atomic E-state index is 14.7. The second kappa shape index (κ2) is 19.8. The van der Waals surface area contributed by atoms with Gasteiger partial charge >= 0.3 is 17.6 Å². The molecule has 10 heteroatoms. The number of methoxy groups -OCH3 is 1.